The molecule has 0 saturated heterocycles. The lowest BCUT2D eigenvalue weighted by molar-refractivity contribution is 0.232. The van der Waals surface area contributed by atoms with Crippen molar-refractivity contribution in [1.29, 1.82) is 0 Å². The number of fused-ring (bicyclic) bond motifs is 1. The number of nitrogens with one attached hydrogen (secondary N) is 2. The molecule has 0 spiro atoms. The van der Waals surface area contributed by atoms with Crippen LogP contribution in [0.25, 0.3) is 10.9 Å². The summed E-state index contributed by atoms with van der Waals surface area (Å²) in [5.41, 5.74) is 2.76. The zero-order chi connectivity index (χ0) is 17.1. The lowest BCUT2D eigenvalue weighted by atomic mass is 10.00. The summed E-state index contributed by atoms with van der Waals surface area (Å²) in [6.07, 6.45) is 2.76. The number of aliphatic hydroxyl groups is 1. The smallest absolute Gasteiger partial charge is 0.139 e. The predicted octanol–water partition coefficient (Wildman–Crippen LogP) is 4.30. The molecule has 126 valence electrons. The number of hydrogen-bond acceptors (Lipinski definition) is 3. The fourth-order valence-corrected chi connectivity index (χ4v) is 3.30. The maximum absolute atomic E-state index is 9.97. The Kier molecular flexibility index (Phi) is 5.09. The van der Waals surface area contributed by atoms with E-state index in [4.69, 9.17) is 11.6 Å². The highest BCUT2D eigenvalue weighted by molar-refractivity contribution is 6.30. The number of aromatic nitrogens is 1. The monoisotopic (exact) mass is 344 g/mol. The van der Waals surface area contributed by atoms with Gasteiger partial charge in [-0.2, -0.15) is 0 Å². The summed E-state index contributed by atoms with van der Waals surface area (Å²) in [6, 6.07) is 12.8. The van der Waals surface area contributed by atoms with Gasteiger partial charge in [-0.25, -0.2) is 0 Å². The van der Waals surface area contributed by atoms with Gasteiger partial charge in [0.1, 0.15) is 5.75 Å². The fraction of sp³-hybridized carbons (Fsp3) is 0.263. The minimum absolute atomic E-state index is 0.0234. The van der Waals surface area contributed by atoms with E-state index in [1.54, 1.807) is 6.07 Å². The van der Waals surface area contributed by atoms with Crippen molar-refractivity contribution in [3.05, 3.63) is 64.8 Å². The number of hydrogen-bond donors (Lipinski definition) is 4. The minimum Gasteiger partial charge on any atom is -0.506 e. The molecule has 3 rings (SSSR count). The molecule has 2 unspecified atom stereocenters. The van der Waals surface area contributed by atoms with Crippen molar-refractivity contribution in [1.82, 2.24) is 10.3 Å². The number of para-hydroxylation sites is 1. The average Bonchev–Trinajstić information content (AvgIpc) is 3.01. The molecule has 4 nitrogen and oxygen atoms in total. The van der Waals surface area contributed by atoms with Crippen molar-refractivity contribution in [3.8, 4) is 5.75 Å². The summed E-state index contributed by atoms with van der Waals surface area (Å²) in [7, 11) is 0. The number of aliphatic hydroxyl groups excluding tert-OH is 1. The second kappa shape index (κ2) is 7.26. The van der Waals surface area contributed by atoms with Crippen LogP contribution in [0.1, 0.15) is 36.6 Å². The van der Waals surface area contributed by atoms with Crippen molar-refractivity contribution in [2.75, 3.05) is 6.61 Å². The van der Waals surface area contributed by atoms with Crippen LogP contribution >= 0.6 is 11.6 Å². The Balaban J connectivity index is 1.91. The molecule has 4 N–H and O–H groups in total. The fourth-order valence-electron chi connectivity index (χ4n) is 3.10. The number of halogens is 1. The van der Waals surface area contributed by atoms with Crippen LogP contribution in [0.4, 0.5) is 0 Å². The van der Waals surface area contributed by atoms with Gasteiger partial charge in [0.25, 0.3) is 0 Å². The number of phenolic OH excluding ortho intramolecular Hbond substituents is 1. The quantitative estimate of drug-likeness (QED) is 0.539. The van der Waals surface area contributed by atoms with E-state index in [0.29, 0.717) is 5.02 Å². The molecule has 0 aliphatic heterocycles. The van der Waals surface area contributed by atoms with E-state index in [2.05, 4.69) is 17.2 Å². The summed E-state index contributed by atoms with van der Waals surface area (Å²) in [5.74, 6) is 0.238. The lowest BCUT2D eigenvalue weighted by Gasteiger charge is -2.24. The average molecular weight is 345 g/mol. The van der Waals surface area contributed by atoms with Gasteiger partial charge in [0.2, 0.25) is 0 Å². The Morgan fingerprint density at radius 2 is 1.96 bits per heavy atom. The zero-order valence-corrected chi connectivity index (χ0v) is 14.2. The van der Waals surface area contributed by atoms with Gasteiger partial charge in [-0.15, -0.1) is 0 Å². The van der Waals surface area contributed by atoms with Crippen LogP contribution in [0.2, 0.25) is 5.02 Å². The predicted molar refractivity (Wildman–Crippen MR) is 97.4 cm³/mol. The zero-order valence-electron chi connectivity index (χ0n) is 13.5. The van der Waals surface area contributed by atoms with Crippen LogP contribution in [0.3, 0.4) is 0 Å². The van der Waals surface area contributed by atoms with Gasteiger partial charge in [0, 0.05) is 22.6 Å². The largest absolute Gasteiger partial charge is 0.506 e. The first-order valence-corrected chi connectivity index (χ1v) is 8.43. The molecule has 0 aliphatic carbocycles. The summed E-state index contributed by atoms with van der Waals surface area (Å²) in [5, 5.41) is 24.9. The molecule has 0 radical (unpaired) electrons. The third-order valence-electron chi connectivity index (χ3n) is 4.35. The molecule has 0 aliphatic rings. The first-order valence-electron chi connectivity index (χ1n) is 8.05. The van der Waals surface area contributed by atoms with Crippen LogP contribution in [0, 0.1) is 0 Å². The third-order valence-corrected chi connectivity index (χ3v) is 4.58. The van der Waals surface area contributed by atoms with Gasteiger partial charge in [0.05, 0.1) is 18.2 Å². The van der Waals surface area contributed by atoms with E-state index in [-0.39, 0.29) is 24.4 Å². The van der Waals surface area contributed by atoms with E-state index < -0.39 is 0 Å². The van der Waals surface area contributed by atoms with E-state index in [1.807, 2.05) is 42.6 Å². The normalized spacial score (nSPS) is 14.0. The van der Waals surface area contributed by atoms with E-state index >= 15 is 0 Å². The summed E-state index contributed by atoms with van der Waals surface area (Å²) < 4.78 is 0. The second-order valence-corrected chi connectivity index (χ2v) is 6.30. The van der Waals surface area contributed by atoms with Gasteiger partial charge in [-0.05, 0) is 35.7 Å². The van der Waals surface area contributed by atoms with Crippen LogP contribution in [-0.4, -0.2) is 21.8 Å². The Bertz CT molecular complexity index is 831. The summed E-state index contributed by atoms with van der Waals surface area (Å²) >= 11 is 6.07. The van der Waals surface area contributed by atoms with Gasteiger partial charge in [0.15, 0.2) is 0 Å². The third kappa shape index (κ3) is 3.26. The molecule has 24 heavy (non-hydrogen) atoms. The Hall–Kier alpha value is -2.01. The standard InChI is InChI=1S/C19H21ClN2O2/c1-2-16(15-10-21-19-14(15)7-4-8-18(19)24)22-17(11-23)12-5-3-6-13(20)9-12/h3-10,16-17,21-24H,2,11H2,1H3. The van der Waals surface area contributed by atoms with E-state index in [9.17, 15) is 10.2 Å². The van der Waals surface area contributed by atoms with Crippen LogP contribution in [0.5, 0.6) is 5.75 Å². The highest BCUT2D eigenvalue weighted by atomic mass is 35.5. The van der Waals surface area contributed by atoms with Crippen molar-refractivity contribution < 1.29 is 10.2 Å². The SMILES string of the molecule is CCC(NC(CO)c1cccc(Cl)c1)c1c[nH]c2c(O)cccc12. The van der Waals surface area contributed by atoms with Crippen molar-refractivity contribution >= 4 is 22.5 Å². The second-order valence-electron chi connectivity index (χ2n) is 5.86. The van der Waals surface area contributed by atoms with Gasteiger partial charge in [-0.1, -0.05) is 42.8 Å². The highest BCUT2D eigenvalue weighted by Gasteiger charge is 2.20. The van der Waals surface area contributed by atoms with Gasteiger partial charge < -0.3 is 20.5 Å². The molecule has 5 heteroatoms. The van der Waals surface area contributed by atoms with Crippen LogP contribution < -0.4 is 5.32 Å². The van der Waals surface area contributed by atoms with Gasteiger partial charge >= 0.3 is 0 Å². The molecule has 1 aromatic heterocycles. The molecule has 1 heterocycles. The minimum atomic E-state index is -0.212. The van der Waals surface area contributed by atoms with E-state index in [0.717, 1.165) is 28.5 Å². The highest BCUT2D eigenvalue weighted by Crippen LogP contribution is 2.32. The van der Waals surface area contributed by atoms with Gasteiger partial charge in [-0.3, -0.25) is 0 Å². The molecule has 0 saturated carbocycles. The number of H-pyrrole nitrogens is 1. The molecular weight excluding hydrogens is 324 g/mol. The number of aromatic amines is 1. The molecule has 2 atom stereocenters. The Morgan fingerprint density at radius 1 is 1.17 bits per heavy atom. The first-order chi connectivity index (χ1) is 11.6. The summed E-state index contributed by atoms with van der Waals surface area (Å²) in [6.45, 7) is 2.07. The summed E-state index contributed by atoms with van der Waals surface area (Å²) in [4.78, 5) is 3.14. The lowest BCUT2D eigenvalue weighted by Crippen LogP contribution is -2.28. The molecule has 0 amide bonds. The van der Waals surface area contributed by atoms with Crippen LogP contribution in [0.15, 0.2) is 48.7 Å². The maximum Gasteiger partial charge on any atom is 0.139 e. The molecule has 2 aromatic carbocycles. The van der Waals surface area contributed by atoms with Crippen molar-refractivity contribution in [2.45, 2.75) is 25.4 Å². The van der Waals surface area contributed by atoms with Crippen molar-refractivity contribution in [3.63, 3.8) is 0 Å². The first kappa shape index (κ1) is 16.8. The molecular formula is C19H21ClN2O2. The molecule has 3 aromatic rings. The van der Waals surface area contributed by atoms with Crippen molar-refractivity contribution in [2.24, 2.45) is 0 Å². The Labute approximate surface area is 146 Å². The Morgan fingerprint density at radius 3 is 2.67 bits per heavy atom. The topological polar surface area (TPSA) is 68.3 Å². The number of phenols is 1. The van der Waals surface area contributed by atoms with E-state index in [1.165, 1.54) is 0 Å². The number of aromatic hydroxyl groups is 1. The number of rotatable bonds is 6. The molecule has 0 bridgehead atoms. The maximum atomic E-state index is 9.97. The number of benzene rings is 2. The van der Waals surface area contributed by atoms with Crippen LogP contribution in [-0.2, 0) is 0 Å². The molecule has 0 fully saturated rings.